The molecule has 3 aromatic carbocycles. The first kappa shape index (κ1) is 21.2. The van der Waals surface area contributed by atoms with E-state index in [1.54, 1.807) is 0 Å². The topological polar surface area (TPSA) is 69.7 Å². The summed E-state index contributed by atoms with van der Waals surface area (Å²) >= 11 is 0. The fraction of sp³-hybridized carbons (Fsp3) is 0.321. The first-order valence-corrected chi connectivity index (χ1v) is 12.2. The largest absolute Gasteiger partial charge is 0.308 e. The highest BCUT2D eigenvalue weighted by Crippen LogP contribution is 2.56. The van der Waals surface area contributed by atoms with Gasteiger partial charge < -0.3 is 5.32 Å². The van der Waals surface area contributed by atoms with Crippen molar-refractivity contribution in [3.8, 4) is 0 Å². The van der Waals surface area contributed by atoms with Gasteiger partial charge in [-0.3, -0.25) is 4.90 Å². The van der Waals surface area contributed by atoms with Crippen LogP contribution in [-0.4, -0.2) is 37.6 Å². The van der Waals surface area contributed by atoms with Crippen LogP contribution in [0.15, 0.2) is 91.0 Å². The van der Waals surface area contributed by atoms with Crippen molar-refractivity contribution in [2.24, 2.45) is 0 Å². The van der Waals surface area contributed by atoms with Gasteiger partial charge in [0.15, 0.2) is 5.82 Å². The predicted molar refractivity (Wildman–Crippen MR) is 132 cm³/mol. The molecule has 2 saturated heterocycles. The standard InChI is InChI=1S/C28H30N6/c1-4-10-21(11-5-1)19-29-26-17-16-25-24(27-30-32-33-31-27)18-28(26,23-14-8-3-9-15-23)34(25)20-22-12-6-2-7-13-22/h1-15,24-26,29H,16-20H2,(H,30,31,32,33)/t24-,25+,26-,28-/m1/s1. The van der Waals surface area contributed by atoms with E-state index >= 15 is 0 Å². The highest BCUT2D eigenvalue weighted by Gasteiger charge is 2.60. The van der Waals surface area contributed by atoms with Crippen LogP contribution in [0.1, 0.15) is 47.7 Å². The lowest BCUT2D eigenvalue weighted by Crippen LogP contribution is -2.60. The third-order valence-electron chi connectivity index (χ3n) is 7.79. The van der Waals surface area contributed by atoms with E-state index in [0.29, 0.717) is 12.1 Å². The van der Waals surface area contributed by atoms with E-state index < -0.39 is 0 Å². The second kappa shape index (κ2) is 9.12. The molecule has 6 rings (SSSR count). The van der Waals surface area contributed by atoms with Crippen LogP contribution < -0.4 is 5.32 Å². The van der Waals surface area contributed by atoms with Gasteiger partial charge in [0.1, 0.15) is 0 Å². The van der Waals surface area contributed by atoms with Crippen molar-refractivity contribution in [2.45, 2.75) is 55.9 Å². The van der Waals surface area contributed by atoms with Gasteiger partial charge in [-0.2, -0.15) is 5.21 Å². The van der Waals surface area contributed by atoms with Gasteiger partial charge in [0, 0.05) is 31.1 Å². The fourth-order valence-corrected chi connectivity index (χ4v) is 6.33. The zero-order valence-electron chi connectivity index (χ0n) is 19.2. The van der Waals surface area contributed by atoms with Gasteiger partial charge in [-0.05, 0) is 36.0 Å². The van der Waals surface area contributed by atoms with Crippen molar-refractivity contribution in [3.63, 3.8) is 0 Å². The molecule has 2 fully saturated rings. The third-order valence-corrected chi connectivity index (χ3v) is 7.79. The Morgan fingerprint density at radius 1 is 0.853 bits per heavy atom. The molecule has 2 aliphatic heterocycles. The Bertz CT molecular complexity index is 1180. The Morgan fingerprint density at radius 2 is 1.53 bits per heavy atom. The maximum Gasteiger partial charge on any atom is 0.179 e. The number of fused-ring (bicyclic) bond motifs is 2. The molecular weight excluding hydrogens is 420 g/mol. The molecule has 0 unspecified atom stereocenters. The van der Waals surface area contributed by atoms with Crippen LogP contribution in [0.25, 0.3) is 0 Å². The van der Waals surface area contributed by atoms with Crippen LogP contribution in [0.3, 0.4) is 0 Å². The maximum absolute atomic E-state index is 4.45. The zero-order valence-corrected chi connectivity index (χ0v) is 19.2. The molecule has 2 N–H and O–H groups in total. The molecule has 0 amide bonds. The molecule has 172 valence electrons. The van der Waals surface area contributed by atoms with Gasteiger partial charge in [-0.1, -0.05) is 96.2 Å². The van der Waals surface area contributed by atoms with Crippen molar-refractivity contribution in [3.05, 3.63) is 114 Å². The lowest BCUT2D eigenvalue weighted by atomic mass is 9.76. The molecule has 1 aromatic heterocycles. The molecule has 3 heterocycles. The Labute approximate surface area is 200 Å². The van der Waals surface area contributed by atoms with E-state index in [9.17, 15) is 0 Å². The summed E-state index contributed by atoms with van der Waals surface area (Å²) in [6.07, 6.45) is 3.19. The second-order valence-electron chi connectivity index (χ2n) is 9.55. The summed E-state index contributed by atoms with van der Waals surface area (Å²) < 4.78 is 0. The van der Waals surface area contributed by atoms with E-state index in [1.807, 2.05) is 0 Å². The Balaban J connectivity index is 1.43. The normalized spacial score (nSPS) is 26.5. The lowest BCUT2D eigenvalue weighted by molar-refractivity contribution is 0.00973. The van der Waals surface area contributed by atoms with Crippen LogP contribution in [0.4, 0.5) is 0 Å². The third kappa shape index (κ3) is 3.73. The van der Waals surface area contributed by atoms with E-state index in [0.717, 1.165) is 38.2 Å². The minimum absolute atomic E-state index is 0.153. The smallest absolute Gasteiger partial charge is 0.179 e. The number of piperidine rings is 1. The summed E-state index contributed by atoms with van der Waals surface area (Å²) in [6.45, 7) is 1.76. The van der Waals surface area contributed by atoms with Gasteiger partial charge >= 0.3 is 0 Å². The summed E-state index contributed by atoms with van der Waals surface area (Å²) in [4.78, 5) is 2.74. The summed E-state index contributed by atoms with van der Waals surface area (Å²) in [7, 11) is 0. The summed E-state index contributed by atoms with van der Waals surface area (Å²) in [5.74, 6) is 1.08. The van der Waals surface area contributed by atoms with Gasteiger partial charge in [-0.15, -0.1) is 10.2 Å². The van der Waals surface area contributed by atoms with Crippen LogP contribution in [0.5, 0.6) is 0 Å². The Morgan fingerprint density at radius 3 is 2.21 bits per heavy atom. The van der Waals surface area contributed by atoms with Crippen LogP contribution in [0.2, 0.25) is 0 Å². The minimum Gasteiger partial charge on any atom is -0.308 e. The van der Waals surface area contributed by atoms with Gasteiger partial charge in [0.05, 0.1) is 5.54 Å². The number of rotatable bonds is 7. The molecule has 0 spiro atoms. The maximum atomic E-state index is 4.45. The summed E-state index contributed by atoms with van der Waals surface area (Å²) in [5.41, 5.74) is 3.87. The molecule has 0 saturated carbocycles. The molecule has 6 nitrogen and oxygen atoms in total. The van der Waals surface area contributed by atoms with Crippen molar-refractivity contribution >= 4 is 0 Å². The van der Waals surface area contributed by atoms with Gasteiger partial charge in [0.2, 0.25) is 0 Å². The average Bonchev–Trinajstić information content (AvgIpc) is 3.50. The number of benzene rings is 3. The molecule has 0 aliphatic carbocycles. The molecular formula is C28H30N6. The Hall–Kier alpha value is -3.35. The predicted octanol–water partition coefficient (Wildman–Crippen LogP) is 4.41. The number of nitrogens with one attached hydrogen (secondary N) is 2. The van der Waals surface area contributed by atoms with Crippen molar-refractivity contribution < 1.29 is 0 Å². The minimum atomic E-state index is -0.153. The van der Waals surface area contributed by atoms with Gasteiger partial charge in [0.25, 0.3) is 0 Å². The Kier molecular flexibility index (Phi) is 5.69. The molecule has 2 bridgehead atoms. The van der Waals surface area contributed by atoms with Crippen LogP contribution >= 0.6 is 0 Å². The number of H-pyrrole nitrogens is 1. The van der Waals surface area contributed by atoms with E-state index in [1.165, 1.54) is 16.7 Å². The molecule has 4 atom stereocenters. The zero-order chi connectivity index (χ0) is 22.8. The summed E-state index contributed by atoms with van der Waals surface area (Å²) in [6, 6.07) is 33.3. The second-order valence-corrected chi connectivity index (χ2v) is 9.55. The van der Waals surface area contributed by atoms with Crippen molar-refractivity contribution in [1.82, 2.24) is 30.8 Å². The number of hydrogen-bond acceptors (Lipinski definition) is 5. The molecule has 34 heavy (non-hydrogen) atoms. The SMILES string of the molecule is c1ccc(CN[C@@H]2CC[C@H]3[C@H](c4nn[nH]n4)C[C@]2(c2ccccc2)N3Cc2ccccc2)cc1. The number of aromatic nitrogens is 4. The summed E-state index contributed by atoms with van der Waals surface area (Å²) in [5, 5.41) is 19.5. The van der Waals surface area contributed by atoms with E-state index in [4.69, 9.17) is 0 Å². The number of hydrogen-bond donors (Lipinski definition) is 2. The van der Waals surface area contributed by atoms with Crippen molar-refractivity contribution in [2.75, 3.05) is 0 Å². The number of nitrogens with zero attached hydrogens (tertiary/aromatic N) is 4. The van der Waals surface area contributed by atoms with Crippen LogP contribution in [-0.2, 0) is 18.6 Å². The van der Waals surface area contributed by atoms with Crippen LogP contribution in [0, 0.1) is 0 Å². The van der Waals surface area contributed by atoms with E-state index in [2.05, 4.69) is 122 Å². The number of tetrazole rings is 1. The average molecular weight is 451 g/mol. The molecule has 6 heteroatoms. The lowest BCUT2D eigenvalue weighted by Gasteiger charge is -2.51. The van der Waals surface area contributed by atoms with Gasteiger partial charge in [-0.25, -0.2) is 0 Å². The highest BCUT2D eigenvalue weighted by molar-refractivity contribution is 5.35. The quantitative estimate of drug-likeness (QED) is 0.437. The van der Waals surface area contributed by atoms with E-state index in [-0.39, 0.29) is 11.5 Å². The van der Waals surface area contributed by atoms with Crippen molar-refractivity contribution in [1.29, 1.82) is 0 Å². The first-order chi connectivity index (χ1) is 16.8. The monoisotopic (exact) mass is 450 g/mol. The number of aromatic amines is 1. The fourth-order valence-electron chi connectivity index (χ4n) is 6.33. The highest BCUT2D eigenvalue weighted by atomic mass is 15.5. The molecule has 2 aliphatic rings. The molecule has 0 radical (unpaired) electrons. The first-order valence-electron chi connectivity index (χ1n) is 12.2. The molecule has 4 aromatic rings.